The fraction of sp³-hybridized carbons (Fsp3) is 0.115. The molecule has 0 unspecified atom stereocenters. The Morgan fingerprint density at radius 1 is 1.03 bits per heavy atom. The fourth-order valence-electron chi connectivity index (χ4n) is 3.47. The molecule has 30 heavy (non-hydrogen) atoms. The van der Waals surface area contributed by atoms with Crippen LogP contribution in [0.3, 0.4) is 0 Å². The van der Waals surface area contributed by atoms with Gasteiger partial charge in [-0.15, -0.1) is 6.42 Å². The molecule has 2 aliphatic carbocycles. The molecule has 2 aromatic carbocycles. The highest BCUT2D eigenvalue weighted by Gasteiger charge is 2.17. The van der Waals surface area contributed by atoms with Crippen molar-refractivity contribution in [2.45, 2.75) is 12.5 Å². The molecule has 3 aromatic rings. The second-order valence-electron chi connectivity index (χ2n) is 7.19. The number of aromatic nitrogens is 1. The second-order valence-corrected chi connectivity index (χ2v) is 7.19. The zero-order chi connectivity index (χ0) is 20.9. The van der Waals surface area contributed by atoms with Gasteiger partial charge in [0.15, 0.2) is 0 Å². The Kier molecular flexibility index (Phi) is 5.65. The molecule has 0 spiro atoms. The van der Waals surface area contributed by atoms with Crippen LogP contribution in [-0.4, -0.2) is 28.6 Å². The highest BCUT2D eigenvalue weighted by molar-refractivity contribution is 5.97. The van der Waals surface area contributed by atoms with Gasteiger partial charge in [0.05, 0.1) is 18.2 Å². The number of carbonyl (C=O) groups excluding carboxylic acids is 1. The number of nitrogens with one attached hydrogen (secondary N) is 2. The van der Waals surface area contributed by atoms with E-state index in [4.69, 9.17) is 6.42 Å². The number of H-pyrrole nitrogens is 1. The number of hydrogen-bond acceptors (Lipinski definition) is 2. The number of aromatic amines is 1. The minimum Gasteiger partial charge on any atom is -0.394 e. The second kappa shape index (κ2) is 8.69. The average Bonchev–Trinajstić information content (AvgIpc) is 3.19. The molecule has 4 nitrogen and oxygen atoms in total. The summed E-state index contributed by atoms with van der Waals surface area (Å²) in [5, 5.41) is 13.6. The molecular weight excluding hydrogens is 372 g/mol. The van der Waals surface area contributed by atoms with Crippen molar-refractivity contribution in [3.63, 3.8) is 0 Å². The normalized spacial score (nSPS) is 11.7. The van der Waals surface area contributed by atoms with E-state index in [-0.39, 0.29) is 18.6 Å². The Labute approximate surface area is 175 Å². The predicted molar refractivity (Wildman–Crippen MR) is 120 cm³/mol. The molecule has 0 saturated carbocycles. The molecular formula is C26H22N2O2. The number of terminal acetylenes is 1. The van der Waals surface area contributed by atoms with Gasteiger partial charge < -0.3 is 15.4 Å². The van der Waals surface area contributed by atoms with Gasteiger partial charge >= 0.3 is 0 Å². The number of aliphatic hydroxyl groups excluding tert-OH is 1. The molecule has 1 aromatic heterocycles. The summed E-state index contributed by atoms with van der Waals surface area (Å²) in [4.78, 5) is 15.7. The van der Waals surface area contributed by atoms with Crippen LogP contribution >= 0.6 is 0 Å². The first-order valence-corrected chi connectivity index (χ1v) is 9.82. The maximum absolute atomic E-state index is 12.5. The standard InChI is InChI=1S/C20H18N2O2.C6H4/c1-2-14-7-3-4-9-18(14)20(24)22-16(13-23)11-15-12-21-19-10-6-5-8-17(15)19;1-2-5-4-6(5)3-1/h1,3-10,12,16,21,23H,11,13H2,(H,22,24);1-4H/t16-;/m1./s1. The first-order chi connectivity index (χ1) is 14.7. The molecule has 0 aliphatic heterocycles. The molecule has 0 bridgehead atoms. The molecule has 0 radical (unpaired) electrons. The van der Waals surface area contributed by atoms with Gasteiger partial charge in [-0.2, -0.15) is 0 Å². The summed E-state index contributed by atoms with van der Waals surface area (Å²) < 4.78 is 0. The van der Waals surface area contributed by atoms with E-state index in [1.165, 1.54) is 11.1 Å². The van der Waals surface area contributed by atoms with Gasteiger partial charge in [-0.1, -0.05) is 54.5 Å². The van der Waals surface area contributed by atoms with Gasteiger partial charge in [0, 0.05) is 22.7 Å². The minimum atomic E-state index is -0.387. The van der Waals surface area contributed by atoms with Gasteiger partial charge in [0.25, 0.3) is 5.91 Å². The maximum atomic E-state index is 12.5. The van der Waals surface area contributed by atoms with Crippen molar-refractivity contribution < 1.29 is 9.90 Å². The van der Waals surface area contributed by atoms with E-state index in [1.807, 2.05) is 30.5 Å². The van der Waals surface area contributed by atoms with Crippen molar-refractivity contribution in [1.82, 2.24) is 10.3 Å². The van der Waals surface area contributed by atoms with Crippen LogP contribution in [0.2, 0.25) is 0 Å². The van der Waals surface area contributed by atoms with Crippen molar-refractivity contribution in [2.75, 3.05) is 6.61 Å². The fourth-order valence-corrected chi connectivity index (χ4v) is 3.47. The van der Waals surface area contributed by atoms with Crippen LogP contribution in [0.15, 0.2) is 79.0 Å². The largest absolute Gasteiger partial charge is 0.394 e. The zero-order valence-corrected chi connectivity index (χ0v) is 16.4. The third-order valence-corrected chi connectivity index (χ3v) is 5.14. The van der Waals surface area contributed by atoms with Crippen molar-refractivity contribution >= 4 is 16.8 Å². The van der Waals surface area contributed by atoms with Crippen molar-refractivity contribution in [2.24, 2.45) is 0 Å². The first-order valence-electron chi connectivity index (χ1n) is 9.82. The minimum absolute atomic E-state index is 0.149. The lowest BCUT2D eigenvalue weighted by Crippen LogP contribution is -2.39. The third-order valence-electron chi connectivity index (χ3n) is 5.14. The van der Waals surface area contributed by atoms with Crippen molar-refractivity contribution in [3.05, 3.63) is 95.7 Å². The smallest absolute Gasteiger partial charge is 0.252 e. The van der Waals surface area contributed by atoms with Gasteiger partial charge in [0.2, 0.25) is 0 Å². The number of aliphatic hydroxyl groups is 1. The topological polar surface area (TPSA) is 65.1 Å². The Hall–Kier alpha value is -3.81. The average molecular weight is 394 g/mol. The van der Waals surface area contributed by atoms with E-state index in [0.717, 1.165) is 16.5 Å². The summed E-state index contributed by atoms with van der Waals surface area (Å²) in [5.41, 5.74) is 5.92. The molecule has 0 saturated heterocycles. The molecule has 1 atom stereocenters. The number of fused-ring (bicyclic) bond motifs is 2. The molecule has 148 valence electrons. The van der Waals surface area contributed by atoms with Gasteiger partial charge in [-0.05, 0) is 47.4 Å². The van der Waals surface area contributed by atoms with Crippen LogP contribution in [0.4, 0.5) is 0 Å². The quantitative estimate of drug-likeness (QED) is 0.392. The van der Waals surface area contributed by atoms with Crippen LogP contribution in [0.1, 0.15) is 21.5 Å². The van der Waals surface area contributed by atoms with E-state index in [1.54, 1.807) is 24.3 Å². The third kappa shape index (κ3) is 4.27. The lowest BCUT2D eigenvalue weighted by Gasteiger charge is -2.16. The summed E-state index contributed by atoms with van der Waals surface area (Å²) in [6.45, 7) is -0.149. The van der Waals surface area contributed by atoms with E-state index >= 15 is 0 Å². The number of hydrogen-bond donors (Lipinski definition) is 3. The highest BCUT2D eigenvalue weighted by Crippen LogP contribution is 2.32. The summed E-state index contributed by atoms with van der Waals surface area (Å²) in [6, 6.07) is 23.0. The Morgan fingerprint density at radius 2 is 1.77 bits per heavy atom. The highest BCUT2D eigenvalue weighted by atomic mass is 16.3. The molecule has 2 aliphatic rings. The molecule has 1 heterocycles. The predicted octanol–water partition coefficient (Wildman–Crippen LogP) is 4.15. The van der Waals surface area contributed by atoms with E-state index < -0.39 is 0 Å². The number of para-hydroxylation sites is 1. The first kappa shape index (κ1) is 19.5. The lowest BCUT2D eigenvalue weighted by atomic mass is 10.0. The maximum Gasteiger partial charge on any atom is 0.252 e. The molecule has 1 amide bonds. The van der Waals surface area contributed by atoms with Gasteiger partial charge in [0.1, 0.15) is 0 Å². The molecule has 5 rings (SSSR count). The van der Waals surface area contributed by atoms with Gasteiger partial charge in [-0.3, -0.25) is 4.79 Å². The monoisotopic (exact) mass is 394 g/mol. The Balaban J connectivity index is 0.000000305. The van der Waals surface area contributed by atoms with Gasteiger partial charge in [-0.25, -0.2) is 0 Å². The number of rotatable bonds is 5. The van der Waals surface area contributed by atoms with E-state index in [9.17, 15) is 9.90 Å². The van der Waals surface area contributed by atoms with Crippen LogP contribution in [-0.2, 0) is 6.42 Å². The summed E-state index contributed by atoms with van der Waals surface area (Å²) in [7, 11) is 0. The summed E-state index contributed by atoms with van der Waals surface area (Å²) in [6.07, 6.45) is 7.88. The van der Waals surface area contributed by atoms with E-state index in [0.29, 0.717) is 17.5 Å². The van der Waals surface area contributed by atoms with Crippen LogP contribution in [0, 0.1) is 12.3 Å². The number of benzene rings is 3. The number of carbonyl (C=O) groups is 1. The summed E-state index contributed by atoms with van der Waals surface area (Å²) in [5.74, 6) is 2.23. The zero-order valence-electron chi connectivity index (χ0n) is 16.4. The van der Waals surface area contributed by atoms with Crippen LogP contribution < -0.4 is 5.32 Å². The van der Waals surface area contributed by atoms with Crippen molar-refractivity contribution in [3.8, 4) is 23.5 Å². The summed E-state index contributed by atoms with van der Waals surface area (Å²) >= 11 is 0. The SMILES string of the molecule is C#Cc1ccccc1C(=O)N[C@@H](CO)Cc1c[nH]c2ccccc12.c1cc2cc-2c1. The lowest BCUT2D eigenvalue weighted by molar-refractivity contribution is 0.0916. The molecule has 4 heteroatoms. The Bertz CT molecular complexity index is 1220. The molecule has 0 fully saturated rings. The Morgan fingerprint density at radius 3 is 2.43 bits per heavy atom. The van der Waals surface area contributed by atoms with Crippen LogP contribution in [0.5, 0.6) is 0 Å². The number of amides is 1. The molecule has 3 N–H and O–H groups in total. The van der Waals surface area contributed by atoms with Crippen molar-refractivity contribution in [1.29, 1.82) is 0 Å². The van der Waals surface area contributed by atoms with Crippen LogP contribution in [0.25, 0.3) is 22.0 Å². The van der Waals surface area contributed by atoms with E-state index in [2.05, 4.69) is 40.5 Å².